The zero-order valence-corrected chi connectivity index (χ0v) is 14.8. The van der Waals surface area contributed by atoms with Crippen molar-refractivity contribution < 1.29 is 28.7 Å². The molecular weight excluding hydrogens is 356 g/mol. The van der Waals surface area contributed by atoms with E-state index in [2.05, 4.69) is 5.32 Å². The first-order chi connectivity index (χ1) is 13.0. The van der Waals surface area contributed by atoms with Gasteiger partial charge in [-0.2, -0.15) is 0 Å². The van der Waals surface area contributed by atoms with E-state index in [0.29, 0.717) is 18.0 Å². The molecule has 0 aliphatic rings. The largest absolute Gasteiger partial charge is 0.496 e. The van der Waals surface area contributed by atoms with Crippen LogP contribution in [0.5, 0.6) is 11.5 Å². The third-order valence-corrected chi connectivity index (χ3v) is 3.41. The number of hydrogen-bond acceptors (Lipinski definition) is 7. The molecule has 27 heavy (non-hydrogen) atoms. The lowest BCUT2D eigenvalue weighted by atomic mass is 10.2. The monoisotopic (exact) mass is 374 g/mol. The van der Waals surface area contributed by atoms with Crippen LogP contribution in [0.25, 0.3) is 0 Å². The molecule has 0 saturated carbocycles. The van der Waals surface area contributed by atoms with Crippen LogP contribution in [0, 0.1) is 10.1 Å². The van der Waals surface area contributed by atoms with E-state index in [1.165, 1.54) is 19.2 Å². The van der Waals surface area contributed by atoms with E-state index in [-0.39, 0.29) is 17.0 Å². The molecular formula is C18H18N2O7. The first-order valence-electron chi connectivity index (χ1n) is 7.97. The van der Waals surface area contributed by atoms with E-state index in [9.17, 15) is 19.7 Å². The van der Waals surface area contributed by atoms with E-state index in [1.54, 1.807) is 24.3 Å². The zero-order chi connectivity index (χ0) is 19.8. The molecule has 2 rings (SSSR count). The lowest BCUT2D eigenvalue weighted by molar-refractivity contribution is -0.384. The number of nitrogens with zero attached hydrogens (tertiary/aromatic N) is 1. The summed E-state index contributed by atoms with van der Waals surface area (Å²) in [4.78, 5) is 34.5. The number of amides is 1. The van der Waals surface area contributed by atoms with E-state index in [4.69, 9.17) is 14.2 Å². The standard InChI is InChI=1S/C18H18N2O7/c1-3-26-16-7-5-4-6-14(16)19-17(21)11-27-18(22)13-10-12(20(23)24)8-9-15(13)25-2/h4-10H,3,11H2,1-2H3,(H,19,21). The molecule has 0 saturated heterocycles. The normalized spacial score (nSPS) is 10.0. The van der Waals surface area contributed by atoms with Crippen molar-refractivity contribution in [3.63, 3.8) is 0 Å². The number of benzene rings is 2. The number of carbonyl (C=O) groups is 2. The Morgan fingerprint density at radius 3 is 2.56 bits per heavy atom. The summed E-state index contributed by atoms with van der Waals surface area (Å²) in [5.74, 6) is -0.906. The number of nitrogens with one attached hydrogen (secondary N) is 1. The minimum Gasteiger partial charge on any atom is -0.496 e. The Kier molecular flexibility index (Phi) is 6.70. The van der Waals surface area contributed by atoms with Crippen LogP contribution in [0.2, 0.25) is 0 Å². The molecule has 0 heterocycles. The van der Waals surface area contributed by atoms with Crippen molar-refractivity contribution >= 4 is 23.3 Å². The highest BCUT2D eigenvalue weighted by atomic mass is 16.6. The Morgan fingerprint density at radius 2 is 1.89 bits per heavy atom. The fourth-order valence-corrected chi connectivity index (χ4v) is 2.22. The van der Waals surface area contributed by atoms with Gasteiger partial charge < -0.3 is 19.5 Å². The highest BCUT2D eigenvalue weighted by Crippen LogP contribution is 2.25. The van der Waals surface area contributed by atoms with Gasteiger partial charge in [0.05, 0.1) is 24.3 Å². The van der Waals surface area contributed by atoms with Crippen LogP contribution in [0.3, 0.4) is 0 Å². The van der Waals surface area contributed by atoms with Crippen molar-refractivity contribution in [1.29, 1.82) is 0 Å². The maximum absolute atomic E-state index is 12.2. The summed E-state index contributed by atoms with van der Waals surface area (Å²) in [5, 5.41) is 13.4. The molecule has 2 aromatic rings. The van der Waals surface area contributed by atoms with Gasteiger partial charge >= 0.3 is 5.97 Å². The Morgan fingerprint density at radius 1 is 1.15 bits per heavy atom. The summed E-state index contributed by atoms with van der Waals surface area (Å²) in [6.07, 6.45) is 0. The molecule has 1 N–H and O–H groups in total. The third kappa shape index (κ3) is 5.18. The molecule has 0 unspecified atom stereocenters. The van der Waals surface area contributed by atoms with Crippen LogP contribution in [-0.2, 0) is 9.53 Å². The smallest absolute Gasteiger partial charge is 0.342 e. The molecule has 0 bridgehead atoms. The van der Waals surface area contributed by atoms with Gasteiger partial charge in [0.2, 0.25) is 0 Å². The number of methoxy groups -OCH3 is 1. The van der Waals surface area contributed by atoms with Crippen molar-refractivity contribution in [1.82, 2.24) is 0 Å². The van der Waals surface area contributed by atoms with Gasteiger partial charge in [-0.15, -0.1) is 0 Å². The van der Waals surface area contributed by atoms with E-state index in [0.717, 1.165) is 6.07 Å². The van der Waals surface area contributed by atoms with Crippen molar-refractivity contribution in [3.8, 4) is 11.5 Å². The van der Waals surface area contributed by atoms with Crippen molar-refractivity contribution in [2.24, 2.45) is 0 Å². The summed E-state index contributed by atoms with van der Waals surface area (Å²) < 4.78 is 15.3. The second kappa shape index (κ2) is 9.18. The topological polar surface area (TPSA) is 117 Å². The van der Waals surface area contributed by atoms with Crippen LogP contribution in [-0.4, -0.2) is 37.1 Å². The average Bonchev–Trinajstić information content (AvgIpc) is 2.67. The molecule has 142 valence electrons. The highest BCUT2D eigenvalue weighted by Gasteiger charge is 2.20. The van der Waals surface area contributed by atoms with Crippen LogP contribution < -0.4 is 14.8 Å². The highest BCUT2D eigenvalue weighted by molar-refractivity contribution is 5.97. The predicted octanol–water partition coefficient (Wildman–Crippen LogP) is 2.80. The summed E-state index contributed by atoms with van der Waals surface area (Å²) in [6, 6.07) is 10.3. The molecule has 0 fully saturated rings. The second-order valence-electron chi connectivity index (χ2n) is 5.20. The van der Waals surface area contributed by atoms with Crippen LogP contribution in [0.15, 0.2) is 42.5 Å². The lowest BCUT2D eigenvalue weighted by Crippen LogP contribution is -2.21. The number of nitro benzene ring substituents is 1. The Hall–Kier alpha value is -3.62. The molecule has 0 aliphatic heterocycles. The fraction of sp³-hybridized carbons (Fsp3) is 0.222. The summed E-state index contributed by atoms with van der Waals surface area (Å²) in [7, 11) is 1.31. The van der Waals surface area contributed by atoms with Crippen LogP contribution >= 0.6 is 0 Å². The van der Waals surface area contributed by atoms with E-state index < -0.39 is 23.4 Å². The first-order valence-corrected chi connectivity index (χ1v) is 7.97. The molecule has 9 heteroatoms. The number of anilines is 1. The number of carbonyl (C=O) groups excluding carboxylic acids is 2. The van der Waals surface area contributed by atoms with Gasteiger partial charge in [0.1, 0.15) is 17.1 Å². The SMILES string of the molecule is CCOc1ccccc1NC(=O)COC(=O)c1cc([N+](=O)[O-])ccc1OC. The van der Waals surface area contributed by atoms with Crippen molar-refractivity contribution in [2.45, 2.75) is 6.92 Å². The molecule has 0 atom stereocenters. The van der Waals surface area contributed by atoms with Crippen LogP contribution in [0.4, 0.5) is 11.4 Å². The predicted molar refractivity (Wildman–Crippen MR) is 96.2 cm³/mol. The maximum Gasteiger partial charge on any atom is 0.342 e. The first kappa shape index (κ1) is 19.7. The molecule has 0 spiro atoms. The number of non-ortho nitro benzene ring substituents is 1. The molecule has 0 aliphatic carbocycles. The number of para-hydroxylation sites is 2. The number of hydrogen-bond donors (Lipinski definition) is 1. The van der Waals surface area contributed by atoms with Gasteiger partial charge in [-0.3, -0.25) is 14.9 Å². The molecule has 2 aromatic carbocycles. The zero-order valence-electron chi connectivity index (χ0n) is 14.8. The van der Waals surface area contributed by atoms with Gasteiger partial charge in [0.25, 0.3) is 11.6 Å². The molecule has 1 amide bonds. The van der Waals surface area contributed by atoms with Gasteiger partial charge in [0.15, 0.2) is 6.61 Å². The van der Waals surface area contributed by atoms with Gasteiger partial charge in [-0.25, -0.2) is 4.79 Å². The summed E-state index contributed by atoms with van der Waals surface area (Å²) >= 11 is 0. The van der Waals surface area contributed by atoms with Gasteiger partial charge in [-0.05, 0) is 25.1 Å². The minimum atomic E-state index is -0.913. The van der Waals surface area contributed by atoms with Gasteiger partial charge in [0, 0.05) is 12.1 Å². The van der Waals surface area contributed by atoms with Crippen LogP contribution in [0.1, 0.15) is 17.3 Å². The number of rotatable bonds is 8. The number of ether oxygens (including phenoxy) is 3. The van der Waals surface area contributed by atoms with E-state index >= 15 is 0 Å². The minimum absolute atomic E-state index is 0.104. The second-order valence-corrected chi connectivity index (χ2v) is 5.20. The van der Waals surface area contributed by atoms with Crippen molar-refractivity contribution in [3.05, 3.63) is 58.1 Å². The summed E-state index contributed by atoms with van der Waals surface area (Å²) in [6.45, 7) is 1.66. The van der Waals surface area contributed by atoms with Crippen molar-refractivity contribution in [2.75, 3.05) is 25.6 Å². The van der Waals surface area contributed by atoms with E-state index in [1.807, 2.05) is 6.92 Å². The molecule has 0 radical (unpaired) electrons. The molecule has 0 aromatic heterocycles. The Bertz CT molecular complexity index is 851. The Balaban J connectivity index is 2.04. The maximum atomic E-state index is 12.2. The van der Waals surface area contributed by atoms with Gasteiger partial charge in [-0.1, -0.05) is 12.1 Å². The fourth-order valence-electron chi connectivity index (χ4n) is 2.22. The third-order valence-electron chi connectivity index (χ3n) is 3.41. The number of esters is 1. The lowest BCUT2D eigenvalue weighted by Gasteiger charge is -2.12. The summed E-state index contributed by atoms with van der Waals surface area (Å²) in [5.41, 5.74) is 0.000359. The quantitative estimate of drug-likeness (QED) is 0.429. The molecule has 9 nitrogen and oxygen atoms in total. The average molecular weight is 374 g/mol. The number of nitro groups is 1. The Labute approximate surface area is 155 Å².